The van der Waals surface area contributed by atoms with Gasteiger partial charge in [0.1, 0.15) is 11.3 Å². The molecule has 0 radical (unpaired) electrons. The second kappa shape index (κ2) is 10.6. The van der Waals surface area contributed by atoms with Gasteiger partial charge in [-0.15, -0.1) is 0 Å². The number of carbonyl (C=O) groups is 3. The number of hydrogen-bond acceptors (Lipinski definition) is 4. The molecule has 0 atom stereocenters. The van der Waals surface area contributed by atoms with Crippen LogP contribution in [0.15, 0.2) is 18.2 Å². The number of anilines is 1. The number of hydrogen-bond donors (Lipinski definition) is 2. The van der Waals surface area contributed by atoms with Gasteiger partial charge >= 0.3 is 0 Å². The maximum Gasteiger partial charge on any atom is 0.248 e. The van der Waals surface area contributed by atoms with Crippen LogP contribution in [-0.4, -0.2) is 47.9 Å². The lowest BCUT2D eigenvalue weighted by Crippen LogP contribution is -2.60. The molecule has 1 saturated carbocycles. The van der Waals surface area contributed by atoms with Crippen LogP contribution >= 0.6 is 0 Å². The number of rotatable bonds is 9. The van der Waals surface area contributed by atoms with Crippen LogP contribution in [0.25, 0.3) is 0 Å². The van der Waals surface area contributed by atoms with Crippen LogP contribution in [0.4, 0.5) is 5.69 Å². The number of aryl methyl sites for hydroxylation is 1. The van der Waals surface area contributed by atoms with E-state index in [1.807, 2.05) is 36.9 Å². The van der Waals surface area contributed by atoms with Gasteiger partial charge in [0.05, 0.1) is 6.61 Å². The summed E-state index contributed by atoms with van der Waals surface area (Å²) in [6.07, 6.45) is 6.59. The summed E-state index contributed by atoms with van der Waals surface area (Å²) in [7, 11) is 0. The second-order valence-electron chi connectivity index (χ2n) is 8.49. The lowest BCUT2D eigenvalue weighted by molar-refractivity contribution is -0.143. The zero-order valence-corrected chi connectivity index (χ0v) is 18.8. The zero-order valence-electron chi connectivity index (χ0n) is 18.8. The van der Waals surface area contributed by atoms with Crippen molar-refractivity contribution in [3.05, 3.63) is 23.8 Å². The number of benzene rings is 1. The van der Waals surface area contributed by atoms with E-state index in [2.05, 4.69) is 10.6 Å². The van der Waals surface area contributed by atoms with Crippen molar-refractivity contribution >= 4 is 23.4 Å². The fourth-order valence-corrected chi connectivity index (χ4v) is 4.56. The lowest BCUT2D eigenvalue weighted by Gasteiger charge is -2.40. The summed E-state index contributed by atoms with van der Waals surface area (Å²) in [5, 5.41) is 5.96. The second-order valence-corrected chi connectivity index (χ2v) is 8.49. The van der Waals surface area contributed by atoms with Gasteiger partial charge in [-0.1, -0.05) is 19.3 Å². The quantitative estimate of drug-likeness (QED) is 0.589. The van der Waals surface area contributed by atoms with Crippen molar-refractivity contribution in [2.24, 2.45) is 0 Å². The summed E-state index contributed by atoms with van der Waals surface area (Å²) >= 11 is 0. The molecule has 1 aromatic rings. The summed E-state index contributed by atoms with van der Waals surface area (Å²) in [5.41, 5.74) is 1.17. The Morgan fingerprint density at radius 2 is 1.87 bits per heavy atom. The zero-order chi connectivity index (χ0) is 22.3. The summed E-state index contributed by atoms with van der Waals surface area (Å²) < 4.78 is 5.82. The molecule has 0 bridgehead atoms. The van der Waals surface area contributed by atoms with Gasteiger partial charge in [-0.05, 0) is 63.3 Å². The van der Waals surface area contributed by atoms with Crippen LogP contribution in [0.3, 0.4) is 0 Å². The molecule has 0 spiro atoms. The van der Waals surface area contributed by atoms with Gasteiger partial charge in [-0.2, -0.15) is 0 Å². The molecular weight excluding hydrogens is 394 g/mol. The van der Waals surface area contributed by atoms with Gasteiger partial charge in [-0.25, -0.2) is 0 Å². The first-order valence-corrected chi connectivity index (χ1v) is 11.6. The van der Waals surface area contributed by atoms with Crippen molar-refractivity contribution < 1.29 is 19.1 Å². The minimum Gasteiger partial charge on any atom is -0.494 e. The first kappa shape index (κ1) is 23.1. The molecule has 31 heavy (non-hydrogen) atoms. The molecule has 170 valence electrons. The maximum atomic E-state index is 13.1. The third-order valence-corrected chi connectivity index (χ3v) is 6.33. The summed E-state index contributed by atoms with van der Waals surface area (Å²) in [6.45, 7) is 5.70. The molecule has 1 heterocycles. The monoisotopic (exact) mass is 429 g/mol. The normalized spacial score (nSPS) is 17.3. The smallest absolute Gasteiger partial charge is 0.248 e. The average Bonchev–Trinajstić information content (AvgIpc) is 2.78. The highest BCUT2D eigenvalue weighted by molar-refractivity contribution is 5.94. The van der Waals surface area contributed by atoms with Crippen LogP contribution in [0.2, 0.25) is 0 Å². The van der Waals surface area contributed by atoms with Gasteiger partial charge in [0.15, 0.2) is 0 Å². The number of nitrogens with one attached hydrogen (secondary N) is 2. The minimum absolute atomic E-state index is 0.0439. The third-order valence-electron chi connectivity index (χ3n) is 6.33. The molecule has 1 aromatic carbocycles. The van der Waals surface area contributed by atoms with Crippen molar-refractivity contribution in [2.75, 3.05) is 25.0 Å². The molecule has 0 unspecified atom stereocenters. The Labute approximate surface area is 184 Å². The summed E-state index contributed by atoms with van der Waals surface area (Å²) in [6, 6.07) is 5.65. The van der Waals surface area contributed by atoms with E-state index in [4.69, 9.17) is 4.74 Å². The number of amides is 3. The molecule has 3 amide bonds. The molecule has 1 aliphatic carbocycles. The number of nitrogens with zero attached hydrogens (tertiary/aromatic N) is 1. The Bertz CT molecular complexity index is 798. The van der Waals surface area contributed by atoms with E-state index in [1.54, 1.807) is 0 Å². The highest BCUT2D eigenvalue weighted by atomic mass is 16.5. The number of ether oxygens (including phenoxy) is 1. The van der Waals surface area contributed by atoms with Gasteiger partial charge in [0.2, 0.25) is 17.7 Å². The van der Waals surface area contributed by atoms with E-state index in [9.17, 15) is 14.4 Å². The van der Waals surface area contributed by atoms with Crippen LogP contribution in [0.1, 0.15) is 70.8 Å². The molecule has 2 aliphatic rings. The van der Waals surface area contributed by atoms with Crippen molar-refractivity contribution in [3.8, 4) is 5.75 Å². The number of fused-ring (bicyclic) bond motifs is 1. The maximum absolute atomic E-state index is 13.1. The summed E-state index contributed by atoms with van der Waals surface area (Å²) in [5.74, 6) is 0.764. The van der Waals surface area contributed by atoms with Crippen molar-refractivity contribution in [3.63, 3.8) is 0 Å². The highest BCUT2D eigenvalue weighted by Crippen LogP contribution is 2.30. The molecule has 2 N–H and O–H groups in total. The van der Waals surface area contributed by atoms with Crippen LogP contribution in [-0.2, 0) is 20.8 Å². The Morgan fingerprint density at radius 3 is 2.58 bits per heavy atom. The predicted molar refractivity (Wildman–Crippen MR) is 120 cm³/mol. The number of likely N-dealkylation sites (N-methyl/N-ethyl adjacent to an activating group) is 1. The van der Waals surface area contributed by atoms with Crippen molar-refractivity contribution in [1.29, 1.82) is 0 Å². The molecule has 7 nitrogen and oxygen atoms in total. The van der Waals surface area contributed by atoms with Gasteiger partial charge in [-0.3, -0.25) is 14.4 Å². The Kier molecular flexibility index (Phi) is 7.93. The fourth-order valence-electron chi connectivity index (χ4n) is 4.56. The first-order valence-electron chi connectivity index (χ1n) is 11.6. The van der Waals surface area contributed by atoms with Crippen molar-refractivity contribution in [1.82, 2.24) is 10.2 Å². The van der Waals surface area contributed by atoms with Gasteiger partial charge < -0.3 is 20.3 Å². The van der Waals surface area contributed by atoms with Crippen molar-refractivity contribution in [2.45, 2.75) is 77.2 Å². The van der Waals surface area contributed by atoms with E-state index >= 15 is 0 Å². The standard InChI is InChI=1S/C24H35N3O4/c1-3-27(4-2)23(30)24(14-6-5-7-15-24)26-22(29)9-8-16-31-19-11-12-20-18(17-19)10-13-21(28)25-20/h11-12,17H,3-10,13-16H2,1-2H3,(H,25,28)(H,26,29). The molecule has 0 aromatic heterocycles. The Hall–Kier alpha value is -2.57. The molecule has 1 aliphatic heterocycles. The van der Waals surface area contributed by atoms with Crippen LogP contribution in [0.5, 0.6) is 5.75 Å². The largest absolute Gasteiger partial charge is 0.494 e. The average molecular weight is 430 g/mol. The van der Waals surface area contributed by atoms with E-state index < -0.39 is 5.54 Å². The minimum atomic E-state index is -0.745. The topological polar surface area (TPSA) is 87.7 Å². The first-order chi connectivity index (χ1) is 15.0. The Morgan fingerprint density at radius 1 is 1.13 bits per heavy atom. The SMILES string of the molecule is CCN(CC)C(=O)C1(NC(=O)CCCOc2ccc3c(c2)CCC(=O)N3)CCCCC1. The fraction of sp³-hybridized carbons (Fsp3) is 0.625. The highest BCUT2D eigenvalue weighted by Gasteiger charge is 2.42. The number of carbonyl (C=O) groups excluding carboxylic acids is 3. The van der Waals surface area contributed by atoms with E-state index in [0.29, 0.717) is 45.4 Å². The van der Waals surface area contributed by atoms with Crippen LogP contribution in [0, 0.1) is 0 Å². The molecule has 7 heteroatoms. The summed E-state index contributed by atoms with van der Waals surface area (Å²) in [4.78, 5) is 39.1. The third kappa shape index (κ3) is 5.77. The molecule has 3 rings (SSSR count). The molecule has 0 saturated heterocycles. The van der Waals surface area contributed by atoms with Gasteiger partial charge in [0, 0.05) is 31.6 Å². The van der Waals surface area contributed by atoms with E-state index in [1.165, 1.54) is 0 Å². The van der Waals surface area contributed by atoms with Gasteiger partial charge in [0.25, 0.3) is 0 Å². The van der Waals surface area contributed by atoms with E-state index in [0.717, 1.165) is 49.1 Å². The van der Waals surface area contributed by atoms with Crippen LogP contribution < -0.4 is 15.4 Å². The molecule has 1 fully saturated rings. The lowest BCUT2D eigenvalue weighted by atomic mass is 9.80. The van der Waals surface area contributed by atoms with E-state index in [-0.39, 0.29) is 17.7 Å². The predicted octanol–water partition coefficient (Wildman–Crippen LogP) is 3.42. The Balaban J connectivity index is 1.49. The molecular formula is C24H35N3O4.